The molecule has 0 aliphatic carbocycles. The number of amides is 1. The molecule has 0 saturated carbocycles. The lowest BCUT2D eigenvalue weighted by molar-refractivity contribution is 0.0956. The fourth-order valence-electron chi connectivity index (χ4n) is 2.38. The Morgan fingerprint density at radius 3 is 2.60 bits per heavy atom. The average molecular weight is 463 g/mol. The van der Waals surface area contributed by atoms with Gasteiger partial charge in [-0.1, -0.05) is 18.2 Å². The van der Waals surface area contributed by atoms with Crippen LogP contribution < -0.4 is 5.43 Å². The second-order valence-electron chi connectivity index (χ2n) is 5.36. The van der Waals surface area contributed by atoms with Gasteiger partial charge in [-0.3, -0.25) is 9.78 Å². The second-order valence-corrected chi connectivity index (χ2v) is 7.07. The van der Waals surface area contributed by atoms with Crippen molar-refractivity contribution in [2.24, 2.45) is 5.10 Å². The molecule has 0 aliphatic heterocycles. The highest BCUT2D eigenvalue weighted by Gasteiger charge is 2.11. The van der Waals surface area contributed by atoms with E-state index in [1.165, 1.54) is 6.21 Å². The van der Waals surface area contributed by atoms with Crippen LogP contribution in [-0.4, -0.2) is 22.2 Å². The monoisotopic (exact) mass is 461 g/mol. The normalized spacial score (nSPS) is 11.2. The lowest BCUT2D eigenvalue weighted by Gasteiger charge is -2.06. The average Bonchev–Trinajstić information content (AvgIpc) is 2.58. The molecule has 0 saturated heterocycles. The molecule has 0 unspecified atom stereocenters. The number of nitrogens with zero attached hydrogens (tertiary/aromatic N) is 2. The van der Waals surface area contributed by atoms with E-state index in [4.69, 9.17) is 0 Å². The van der Waals surface area contributed by atoms with E-state index in [0.29, 0.717) is 20.1 Å². The highest BCUT2D eigenvalue weighted by Crippen LogP contribution is 2.32. The maximum Gasteiger partial charge on any atom is 0.272 e. The number of aromatic nitrogens is 1. The van der Waals surface area contributed by atoms with Gasteiger partial charge in [0.05, 0.1) is 26.2 Å². The van der Waals surface area contributed by atoms with Crippen LogP contribution in [0.25, 0.3) is 10.9 Å². The number of benzene rings is 2. The number of pyridine rings is 1. The topological polar surface area (TPSA) is 74.6 Å². The number of hydrogen-bond acceptors (Lipinski definition) is 4. The Kier molecular flexibility index (Phi) is 5.15. The standard InChI is InChI=1S/C18H13Br2N3O2/c1-10-6-13(12-4-2-3-5-16(12)22-10)18(25)23-21-9-11-7-14(19)17(24)15(20)8-11/h2-9,24H,1H3,(H,23,25). The van der Waals surface area contributed by atoms with Gasteiger partial charge in [-0.25, -0.2) is 5.43 Å². The molecule has 0 bridgehead atoms. The van der Waals surface area contributed by atoms with Gasteiger partial charge in [0, 0.05) is 11.1 Å². The van der Waals surface area contributed by atoms with Crippen LogP contribution in [0.15, 0.2) is 56.5 Å². The fourth-order valence-corrected chi connectivity index (χ4v) is 3.60. The number of nitrogens with one attached hydrogen (secondary N) is 1. The van der Waals surface area contributed by atoms with Crippen LogP contribution in [0.2, 0.25) is 0 Å². The predicted molar refractivity (Wildman–Crippen MR) is 105 cm³/mol. The number of hydrogen-bond donors (Lipinski definition) is 2. The molecule has 0 fully saturated rings. The number of phenolic OH excluding ortho intramolecular Hbond substituents is 1. The molecule has 2 aromatic carbocycles. The number of phenols is 1. The van der Waals surface area contributed by atoms with Crippen LogP contribution in [0.5, 0.6) is 5.75 Å². The first-order valence-corrected chi connectivity index (χ1v) is 8.92. The van der Waals surface area contributed by atoms with Gasteiger partial charge in [-0.15, -0.1) is 0 Å². The second kappa shape index (κ2) is 7.33. The van der Waals surface area contributed by atoms with E-state index >= 15 is 0 Å². The Morgan fingerprint density at radius 2 is 1.88 bits per heavy atom. The quantitative estimate of drug-likeness (QED) is 0.443. The Labute approximate surface area is 161 Å². The Balaban J connectivity index is 1.84. The summed E-state index contributed by atoms with van der Waals surface area (Å²) < 4.78 is 1.07. The third kappa shape index (κ3) is 3.88. The molecule has 25 heavy (non-hydrogen) atoms. The summed E-state index contributed by atoms with van der Waals surface area (Å²) in [5.41, 5.74) is 5.30. The molecule has 0 radical (unpaired) electrons. The van der Waals surface area contributed by atoms with Gasteiger partial charge in [-0.05, 0) is 68.6 Å². The molecule has 7 heteroatoms. The van der Waals surface area contributed by atoms with Crippen molar-refractivity contribution in [3.05, 3.63) is 68.2 Å². The van der Waals surface area contributed by atoms with E-state index < -0.39 is 0 Å². The van der Waals surface area contributed by atoms with Crippen molar-refractivity contribution in [2.75, 3.05) is 0 Å². The Morgan fingerprint density at radius 1 is 1.20 bits per heavy atom. The summed E-state index contributed by atoms with van der Waals surface area (Å²) in [5.74, 6) is -0.199. The van der Waals surface area contributed by atoms with Crippen molar-refractivity contribution in [3.63, 3.8) is 0 Å². The van der Waals surface area contributed by atoms with E-state index in [-0.39, 0.29) is 11.7 Å². The summed E-state index contributed by atoms with van der Waals surface area (Å²) in [6.07, 6.45) is 1.50. The van der Waals surface area contributed by atoms with Gasteiger partial charge < -0.3 is 5.11 Å². The summed E-state index contributed by atoms with van der Waals surface area (Å²) in [6, 6.07) is 12.6. The number of halogens is 2. The van der Waals surface area contributed by atoms with Crippen molar-refractivity contribution >= 4 is 54.9 Å². The molecule has 1 heterocycles. The highest BCUT2D eigenvalue weighted by atomic mass is 79.9. The van der Waals surface area contributed by atoms with Crippen LogP contribution in [-0.2, 0) is 0 Å². The van der Waals surface area contributed by atoms with Crippen molar-refractivity contribution in [1.29, 1.82) is 0 Å². The van der Waals surface area contributed by atoms with Gasteiger partial charge in [-0.2, -0.15) is 5.10 Å². The number of fused-ring (bicyclic) bond motifs is 1. The summed E-state index contributed by atoms with van der Waals surface area (Å²) >= 11 is 6.51. The van der Waals surface area contributed by atoms with Crippen molar-refractivity contribution in [1.82, 2.24) is 10.4 Å². The zero-order valence-electron chi connectivity index (χ0n) is 13.1. The van der Waals surface area contributed by atoms with Crippen LogP contribution in [0.4, 0.5) is 0 Å². The number of rotatable bonds is 3. The van der Waals surface area contributed by atoms with Gasteiger partial charge in [0.2, 0.25) is 0 Å². The lowest BCUT2D eigenvalue weighted by Crippen LogP contribution is -2.18. The molecule has 126 valence electrons. The molecule has 5 nitrogen and oxygen atoms in total. The smallest absolute Gasteiger partial charge is 0.272 e. The van der Waals surface area contributed by atoms with E-state index in [1.807, 2.05) is 31.2 Å². The minimum absolute atomic E-state index is 0.111. The molecule has 0 aliphatic rings. The first-order valence-electron chi connectivity index (χ1n) is 7.33. The van der Waals surface area contributed by atoms with Crippen LogP contribution in [0, 0.1) is 6.92 Å². The maximum atomic E-state index is 12.5. The summed E-state index contributed by atoms with van der Waals surface area (Å²) in [6.45, 7) is 1.85. The third-order valence-electron chi connectivity index (χ3n) is 3.51. The van der Waals surface area contributed by atoms with Gasteiger partial charge in [0.15, 0.2) is 0 Å². The van der Waals surface area contributed by atoms with Gasteiger partial charge >= 0.3 is 0 Å². The van der Waals surface area contributed by atoms with Crippen molar-refractivity contribution < 1.29 is 9.90 Å². The zero-order valence-corrected chi connectivity index (χ0v) is 16.3. The number of carbonyl (C=O) groups is 1. The first kappa shape index (κ1) is 17.6. The molecule has 2 N–H and O–H groups in total. The molecule has 1 aromatic heterocycles. The van der Waals surface area contributed by atoms with Crippen LogP contribution >= 0.6 is 31.9 Å². The summed E-state index contributed by atoms with van der Waals surface area (Å²) in [7, 11) is 0. The van der Waals surface area contributed by atoms with Crippen molar-refractivity contribution in [2.45, 2.75) is 6.92 Å². The zero-order chi connectivity index (χ0) is 18.0. The lowest BCUT2D eigenvalue weighted by atomic mass is 10.1. The van der Waals surface area contributed by atoms with Crippen LogP contribution in [0.1, 0.15) is 21.6 Å². The first-order chi connectivity index (χ1) is 12.0. The summed E-state index contributed by atoms with van der Waals surface area (Å²) in [5, 5.41) is 14.5. The minimum Gasteiger partial charge on any atom is -0.506 e. The summed E-state index contributed by atoms with van der Waals surface area (Å²) in [4.78, 5) is 16.9. The fraction of sp³-hybridized carbons (Fsp3) is 0.0556. The van der Waals surface area contributed by atoms with Gasteiger partial charge in [0.1, 0.15) is 5.75 Å². The molecular weight excluding hydrogens is 450 g/mol. The molecule has 0 atom stereocenters. The van der Waals surface area contributed by atoms with E-state index in [1.54, 1.807) is 18.2 Å². The number of carbonyl (C=O) groups excluding carboxylic acids is 1. The number of para-hydroxylation sites is 1. The molecule has 1 amide bonds. The predicted octanol–water partition coefficient (Wildman–Crippen LogP) is 4.54. The Hall–Kier alpha value is -2.25. The number of hydrazone groups is 1. The number of aromatic hydroxyl groups is 1. The molecule has 3 aromatic rings. The molecule has 0 spiro atoms. The van der Waals surface area contributed by atoms with E-state index in [0.717, 1.165) is 16.6 Å². The molecule has 3 rings (SSSR count). The maximum absolute atomic E-state index is 12.5. The highest BCUT2D eigenvalue weighted by molar-refractivity contribution is 9.11. The SMILES string of the molecule is Cc1cc(C(=O)NN=Cc2cc(Br)c(O)c(Br)c2)c2ccccc2n1. The largest absolute Gasteiger partial charge is 0.506 e. The molecular formula is C18H13Br2N3O2. The Bertz CT molecular complexity index is 980. The third-order valence-corrected chi connectivity index (χ3v) is 4.72. The van der Waals surface area contributed by atoms with E-state index in [9.17, 15) is 9.90 Å². The van der Waals surface area contributed by atoms with Crippen LogP contribution in [0.3, 0.4) is 0 Å². The minimum atomic E-state index is -0.310. The number of aryl methyl sites for hydroxylation is 1. The van der Waals surface area contributed by atoms with Gasteiger partial charge in [0.25, 0.3) is 5.91 Å². The van der Waals surface area contributed by atoms with Crippen molar-refractivity contribution in [3.8, 4) is 5.75 Å². The van der Waals surface area contributed by atoms with E-state index in [2.05, 4.69) is 47.4 Å².